The second kappa shape index (κ2) is 6.16. The van der Waals surface area contributed by atoms with E-state index in [1.165, 1.54) is 6.42 Å². The largest absolute Gasteiger partial charge is 0.394 e. The van der Waals surface area contributed by atoms with Crippen molar-refractivity contribution in [2.24, 2.45) is 23.7 Å². The maximum atomic E-state index is 13.4. The zero-order chi connectivity index (χ0) is 16.7. The van der Waals surface area contributed by atoms with Crippen LogP contribution < -0.4 is 5.32 Å². The summed E-state index contributed by atoms with van der Waals surface area (Å²) in [5.41, 5.74) is 0.680. The summed E-state index contributed by atoms with van der Waals surface area (Å²) >= 11 is 0. The summed E-state index contributed by atoms with van der Waals surface area (Å²) < 4.78 is 0. The molecule has 4 aliphatic rings. The van der Waals surface area contributed by atoms with E-state index in [9.17, 15) is 9.90 Å². The van der Waals surface area contributed by atoms with Gasteiger partial charge in [0, 0.05) is 6.54 Å². The van der Waals surface area contributed by atoms with Crippen molar-refractivity contribution in [3.05, 3.63) is 35.9 Å². The van der Waals surface area contributed by atoms with Gasteiger partial charge >= 0.3 is 0 Å². The summed E-state index contributed by atoms with van der Waals surface area (Å²) in [7, 11) is 0. The number of carbonyl (C=O) groups excluding carboxylic acids is 1. The van der Waals surface area contributed by atoms with Gasteiger partial charge in [-0.15, -0.1) is 0 Å². The predicted molar refractivity (Wildman–Crippen MR) is 91.3 cm³/mol. The van der Waals surface area contributed by atoms with E-state index >= 15 is 0 Å². The summed E-state index contributed by atoms with van der Waals surface area (Å²) in [4.78, 5) is 13.4. The van der Waals surface area contributed by atoms with E-state index < -0.39 is 11.5 Å². The average molecular weight is 329 g/mol. The number of hydrogen-bond acceptors (Lipinski definition) is 3. The van der Waals surface area contributed by atoms with E-state index in [2.05, 4.69) is 17.4 Å². The van der Waals surface area contributed by atoms with Gasteiger partial charge in [-0.05, 0) is 61.3 Å². The summed E-state index contributed by atoms with van der Waals surface area (Å²) in [5.74, 6) is 2.44. The molecule has 0 radical (unpaired) electrons. The lowest BCUT2D eigenvalue weighted by Gasteiger charge is -2.60. The molecule has 0 saturated heterocycles. The average Bonchev–Trinajstić information content (AvgIpc) is 2.60. The molecule has 0 heterocycles. The molecule has 3 N–H and O–H groups in total. The number of nitrogens with one attached hydrogen (secondary N) is 1. The first kappa shape index (κ1) is 16.1. The number of rotatable bonds is 5. The van der Waals surface area contributed by atoms with Crippen molar-refractivity contribution in [2.75, 3.05) is 13.2 Å². The molecule has 1 aromatic rings. The van der Waals surface area contributed by atoms with E-state index in [1.807, 2.05) is 18.2 Å². The van der Waals surface area contributed by atoms with Gasteiger partial charge in [-0.1, -0.05) is 30.3 Å². The van der Waals surface area contributed by atoms with E-state index in [0.29, 0.717) is 11.8 Å². The second-order valence-corrected chi connectivity index (χ2v) is 8.09. The SMILES string of the molecule is O=C(NCC(O)CO)C1(c2ccccc2)C2CC3CC(C2)CC1C3. The summed E-state index contributed by atoms with van der Waals surface area (Å²) in [6.07, 6.45) is 5.06. The fourth-order valence-electron chi connectivity index (χ4n) is 6.04. The van der Waals surface area contributed by atoms with Crippen LogP contribution in [-0.4, -0.2) is 35.4 Å². The van der Waals surface area contributed by atoms with Gasteiger partial charge in [0.25, 0.3) is 0 Å². The highest BCUT2D eigenvalue weighted by Crippen LogP contribution is 2.62. The van der Waals surface area contributed by atoms with Crippen LogP contribution in [0.4, 0.5) is 0 Å². The normalized spacial score (nSPS) is 38.1. The molecule has 4 heteroatoms. The Kier molecular flexibility index (Phi) is 4.13. The fourth-order valence-corrected chi connectivity index (χ4v) is 6.04. The molecule has 24 heavy (non-hydrogen) atoms. The minimum Gasteiger partial charge on any atom is -0.394 e. The third kappa shape index (κ3) is 2.39. The molecule has 4 saturated carbocycles. The molecule has 1 atom stereocenters. The van der Waals surface area contributed by atoms with Crippen LogP contribution >= 0.6 is 0 Å². The molecule has 1 amide bonds. The quantitative estimate of drug-likeness (QED) is 0.772. The third-order valence-electron chi connectivity index (χ3n) is 6.76. The van der Waals surface area contributed by atoms with E-state index in [-0.39, 0.29) is 19.1 Å². The molecule has 5 rings (SSSR count). The van der Waals surface area contributed by atoms with Crippen molar-refractivity contribution in [3.8, 4) is 0 Å². The van der Waals surface area contributed by atoms with Crippen LogP contribution in [0.25, 0.3) is 0 Å². The Morgan fingerprint density at radius 3 is 2.21 bits per heavy atom. The first-order valence-electron chi connectivity index (χ1n) is 9.27. The fraction of sp³-hybridized carbons (Fsp3) is 0.650. The number of carbonyl (C=O) groups is 1. The van der Waals surface area contributed by atoms with Crippen LogP contribution in [0.2, 0.25) is 0 Å². The second-order valence-electron chi connectivity index (χ2n) is 8.09. The maximum absolute atomic E-state index is 13.4. The van der Waals surface area contributed by atoms with Crippen molar-refractivity contribution in [1.29, 1.82) is 0 Å². The Balaban J connectivity index is 1.70. The first-order valence-corrected chi connectivity index (χ1v) is 9.27. The van der Waals surface area contributed by atoms with Gasteiger partial charge in [-0.2, -0.15) is 0 Å². The molecule has 1 aromatic carbocycles. The van der Waals surface area contributed by atoms with Gasteiger partial charge in [-0.25, -0.2) is 0 Å². The van der Waals surface area contributed by atoms with E-state index in [4.69, 9.17) is 5.11 Å². The Hall–Kier alpha value is -1.39. The molecule has 4 fully saturated rings. The maximum Gasteiger partial charge on any atom is 0.231 e. The van der Waals surface area contributed by atoms with Crippen molar-refractivity contribution in [2.45, 2.75) is 43.6 Å². The number of benzene rings is 1. The topological polar surface area (TPSA) is 69.6 Å². The monoisotopic (exact) mass is 329 g/mol. The number of amides is 1. The molecular formula is C20H27NO3. The summed E-state index contributed by atoms with van der Waals surface area (Å²) in [6, 6.07) is 10.3. The molecule has 1 unspecified atom stereocenters. The zero-order valence-electron chi connectivity index (χ0n) is 14.0. The molecule has 0 spiro atoms. The number of aliphatic hydroxyl groups is 2. The minimum atomic E-state index is -0.890. The van der Waals surface area contributed by atoms with Crippen LogP contribution in [0.3, 0.4) is 0 Å². The first-order chi connectivity index (χ1) is 11.6. The Morgan fingerprint density at radius 2 is 1.67 bits per heavy atom. The number of hydrogen-bond donors (Lipinski definition) is 3. The smallest absolute Gasteiger partial charge is 0.231 e. The Bertz CT molecular complexity index is 572. The van der Waals surface area contributed by atoms with Crippen LogP contribution in [0.1, 0.15) is 37.7 Å². The lowest BCUT2D eigenvalue weighted by atomic mass is 9.43. The molecular weight excluding hydrogens is 302 g/mol. The molecule has 4 nitrogen and oxygen atoms in total. The van der Waals surface area contributed by atoms with Crippen LogP contribution in [0.5, 0.6) is 0 Å². The lowest BCUT2D eigenvalue weighted by molar-refractivity contribution is -0.144. The third-order valence-corrected chi connectivity index (χ3v) is 6.76. The minimum absolute atomic E-state index is 0.0509. The molecule has 130 valence electrons. The van der Waals surface area contributed by atoms with E-state index in [1.54, 1.807) is 0 Å². The lowest BCUT2D eigenvalue weighted by Crippen LogP contribution is -2.62. The van der Waals surface area contributed by atoms with Gasteiger partial charge in [0.15, 0.2) is 0 Å². The Labute approximate surface area is 143 Å². The highest BCUT2D eigenvalue weighted by atomic mass is 16.3. The van der Waals surface area contributed by atoms with Crippen molar-refractivity contribution in [3.63, 3.8) is 0 Å². The summed E-state index contributed by atoms with van der Waals surface area (Å²) in [6.45, 7) is -0.203. The van der Waals surface area contributed by atoms with Gasteiger partial charge < -0.3 is 15.5 Å². The predicted octanol–water partition coefficient (Wildman–Crippen LogP) is 1.85. The van der Waals surface area contributed by atoms with Crippen LogP contribution in [0.15, 0.2) is 30.3 Å². The van der Waals surface area contributed by atoms with Crippen molar-refractivity contribution in [1.82, 2.24) is 5.32 Å². The highest BCUT2D eigenvalue weighted by molar-refractivity contribution is 5.89. The van der Waals surface area contributed by atoms with Gasteiger partial charge in [-0.3, -0.25) is 4.79 Å². The van der Waals surface area contributed by atoms with Crippen molar-refractivity contribution >= 4 is 5.91 Å². The summed E-state index contributed by atoms with van der Waals surface area (Å²) in [5, 5.41) is 21.6. The highest BCUT2D eigenvalue weighted by Gasteiger charge is 2.61. The molecule has 0 aliphatic heterocycles. The van der Waals surface area contributed by atoms with Crippen molar-refractivity contribution < 1.29 is 15.0 Å². The van der Waals surface area contributed by atoms with E-state index in [0.717, 1.165) is 43.1 Å². The molecule has 4 bridgehead atoms. The molecule has 0 aromatic heterocycles. The van der Waals surface area contributed by atoms with Gasteiger partial charge in [0.2, 0.25) is 5.91 Å². The van der Waals surface area contributed by atoms with Gasteiger partial charge in [0.05, 0.1) is 18.1 Å². The standard InChI is InChI=1S/C20H27NO3/c22-12-18(23)11-21-19(24)20(15-4-2-1-3-5-15)16-7-13-6-14(9-16)10-17(20)8-13/h1-5,13-14,16-18,22-23H,6-12H2,(H,21,24). The van der Waals surface area contributed by atoms with Crippen LogP contribution in [0, 0.1) is 23.7 Å². The van der Waals surface area contributed by atoms with Gasteiger partial charge in [0.1, 0.15) is 0 Å². The molecule has 4 aliphatic carbocycles. The zero-order valence-corrected chi connectivity index (χ0v) is 14.0. The number of aliphatic hydroxyl groups excluding tert-OH is 2. The Morgan fingerprint density at radius 1 is 1.08 bits per heavy atom. The van der Waals surface area contributed by atoms with Crippen LogP contribution in [-0.2, 0) is 10.2 Å².